The van der Waals surface area contributed by atoms with Gasteiger partial charge < -0.3 is 10.2 Å². The van der Waals surface area contributed by atoms with Crippen molar-refractivity contribution in [2.75, 3.05) is 0 Å². The van der Waals surface area contributed by atoms with Crippen LogP contribution in [0.3, 0.4) is 0 Å². The number of sulfone groups is 1. The van der Waals surface area contributed by atoms with E-state index in [1.165, 1.54) is 6.07 Å². The first-order valence-corrected chi connectivity index (χ1v) is 12.2. The van der Waals surface area contributed by atoms with Gasteiger partial charge in [-0.25, -0.2) is 8.42 Å². The van der Waals surface area contributed by atoms with Gasteiger partial charge >= 0.3 is 0 Å². The minimum atomic E-state index is -3.85. The number of carbonyl (C=O) groups excluding carboxylic acids is 1. The smallest absolute Gasteiger partial charge is 0.185 e. The number of aromatic hydroxyl groups is 2. The van der Waals surface area contributed by atoms with Gasteiger partial charge in [-0.05, 0) is 49.8 Å². The van der Waals surface area contributed by atoms with Crippen LogP contribution in [0, 0.1) is 6.92 Å². The van der Waals surface area contributed by atoms with Crippen LogP contribution in [0.5, 0.6) is 11.5 Å². The van der Waals surface area contributed by atoms with Crippen molar-refractivity contribution < 1.29 is 23.4 Å². The summed E-state index contributed by atoms with van der Waals surface area (Å²) in [5, 5.41) is 21.2. The van der Waals surface area contributed by atoms with Crippen LogP contribution in [0.2, 0.25) is 0 Å². The number of carbonyl (C=O) groups is 1. The fraction of sp³-hybridized carbons (Fsp3) is 0.458. The van der Waals surface area contributed by atoms with Gasteiger partial charge in [0.2, 0.25) is 0 Å². The van der Waals surface area contributed by atoms with Crippen molar-refractivity contribution in [3.05, 3.63) is 41.5 Å². The zero-order valence-electron chi connectivity index (χ0n) is 17.6. The van der Waals surface area contributed by atoms with E-state index in [0.717, 1.165) is 24.8 Å². The molecule has 0 radical (unpaired) electrons. The highest BCUT2D eigenvalue weighted by molar-refractivity contribution is 7.92. The van der Waals surface area contributed by atoms with E-state index in [0.29, 0.717) is 17.5 Å². The highest BCUT2D eigenvalue weighted by atomic mass is 32.2. The predicted octanol–water partition coefficient (Wildman–Crippen LogP) is 5.09. The molecule has 0 unspecified atom stereocenters. The Kier molecular flexibility index (Phi) is 6.86. The number of hydrogen-bond donors (Lipinski definition) is 2. The van der Waals surface area contributed by atoms with Crippen molar-refractivity contribution in [1.29, 1.82) is 0 Å². The molecule has 0 heterocycles. The number of phenols is 2. The minimum absolute atomic E-state index is 0.0766. The minimum Gasteiger partial charge on any atom is -0.507 e. The van der Waals surface area contributed by atoms with Gasteiger partial charge in [-0.2, -0.15) is 0 Å². The van der Waals surface area contributed by atoms with Crippen LogP contribution in [0.4, 0.5) is 0 Å². The molecule has 1 saturated carbocycles. The van der Waals surface area contributed by atoms with Gasteiger partial charge in [0.25, 0.3) is 0 Å². The molecule has 0 saturated heterocycles. The Morgan fingerprint density at radius 3 is 2.40 bits per heavy atom. The molecule has 0 aliphatic heterocycles. The number of unbranched alkanes of at least 4 members (excludes halogenated alkanes) is 2. The van der Waals surface area contributed by atoms with Gasteiger partial charge in [-0.1, -0.05) is 49.6 Å². The fourth-order valence-electron chi connectivity index (χ4n) is 4.23. The zero-order valence-corrected chi connectivity index (χ0v) is 18.5. The lowest BCUT2D eigenvalue weighted by Gasteiger charge is -2.24. The average molecular weight is 431 g/mol. The summed E-state index contributed by atoms with van der Waals surface area (Å²) in [4.78, 5) is 11.5. The molecule has 162 valence electrons. The molecule has 30 heavy (non-hydrogen) atoms. The molecule has 1 aliphatic rings. The van der Waals surface area contributed by atoms with E-state index in [1.807, 2.05) is 13.0 Å². The van der Waals surface area contributed by atoms with Crippen LogP contribution in [-0.2, 0) is 21.1 Å². The Labute approximate surface area is 178 Å². The monoisotopic (exact) mass is 430 g/mol. The van der Waals surface area contributed by atoms with Crippen LogP contribution in [0.1, 0.15) is 63.0 Å². The van der Waals surface area contributed by atoms with Crippen LogP contribution < -0.4 is 0 Å². The summed E-state index contributed by atoms with van der Waals surface area (Å²) in [6.07, 6.45) is 4.18. The standard InChI is InChI=1S/C24H30O5S/c1-3-4-5-8-18-15-21(26)22(17-9-6-7-16(2)14-17)23(27)24(18)30(28,29)20-12-10-19(25)11-13-20/h6-7,9,14-15,20,26-27H,3-5,8,10-13H2,1-2H3. The van der Waals surface area contributed by atoms with Crippen LogP contribution in [0.15, 0.2) is 35.2 Å². The first-order chi connectivity index (χ1) is 14.3. The van der Waals surface area contributed by atoms with Crippen molar-refractivity contribution >= 4 is 15.6 Å². The molecule has 1 aliphatic carbocycles. The van der Waals surface area contributed by atoms with E-state index < -0.39 is 15.1 Å². The topological polar surface area (TPSA) is 91.7 Å². The highest BCUT2D eigenvalue weighted by Crippen LogP contribution is 2.46. The van der Waals surface area contributed by atoms with Gasteiger partial charge in [-0.15, -0.1) is 0 Å². The number of ketones is 1. The van der Waals surface area contributed by atoms with Crippen molar-refractivity contribution in [3.63, 3.8) is 0 Å². The molecule has 0 amide bonds. The van der Waals surface area contributed by atoms with E-state index in [1.54, 1.807) is 18.2 Å². The third kappa shape index (κ3) is 4.53. The third-order valence-electron chi connectivity index (χ3n) is 5.88. The Bertz CT molecular complexity index is 1030. The molecular formula is C24H30O5S. The zero-order chi connectivity index (χ0) is 21.9. The maximum atomic E-state index is 13.6. The van der Waals surface area contributed by atoms with Crippen LogP contribution in [-0.4, -0.2) is 29.7 Å². The molecule has 0 atom stereocenters. The van der Waals surface area contributed by atoms with E-state index in [4.69, 9.17) is 0 Å². The second kappa shape index (κ2) is 9.21. The van der Waals surface area contributed by atoms with Gasteiger partial charge in [0, 0.05) is 12.8 Å². The quantitative estimate of drug-likeness (QED) is 0.597. The van der Waals surface area contributed by atoms with Gasteiger partial charge in [0.05, 0.1) is 10.8 Å². The maximum absolute atomic E-state index is 13.6. The molecule has 0 spiro atoms. The lowest BCUT2D eigenvalue weighted by Crippen LogP contribution is -2.28. The second-order valence-electron chi connectivity index (χ2n) is 8.22. The number of phenolic OH excluding ortho intramolecular Hbond substituents is 2. The number of rotatable bonds is 7. The molecule has 0 aromatic heterocycles. The van der Waals surface area contributed by atoms with Gasteiger partial charge in [0.15, 0.2) is 9.84 Å². The summed E-state index contributed by atoms with van der Waals surface area (Å²) in [5.41, 5.74) is 2.10. The molecule has 2 aromatic rings. The summed E-state index contributed by atoms with van der Waals surface area (Å²) in [5.74, 6) is -0.425. The van der Waals surface area contributed by atoms with Crippen LogP contribution >= 0.6 is 0 Å². The number of aryl methyl sites for hydroxylation is 2. The number of hydrogen-bond acceptors (Lipinski definition) is 5. The molecule has 5 nitrogen and oxygen atoms in total. The summed E-state index contributed by atoms with van der Waals surface area (Å²) >= 11 is 0. The summed E-state index contributed by atoms with van der Waals surface area (Å²) in [6, 6.07) is 8.75. The van der Waals surface area contributed by atoms with E-state index in [9.17, 15) is 23.4 Å². The van der Waals surface area contributed by atoms with Crippen molar-refractivity contribution in [3.8, 4) is 22.6 Å². The first-order valence-electron chi connectivity index (χ1n) is 10.7. The number of benzene rings is 2. The highest BCUT2D eigenvalue weighted by Gasteiger charge is 2.36. The Morgan fingerprint density at radius 1 is 1.07 bits per heavy atom. The van der Waals surface area contributed by atoms with E-state index in [-0.39, 0.29) is 53.4 Å². The average Bonchev–Trinajstić information content (AvgIpc) is 2.68. The number of Topliss-reactive ketones (excluding diaryl/α,β-unsaturated/α-hetero) is 1. The molecule has 2 N–H and O–H groups in total. The second-order valence-corrected chi connectivity index (χ2v) is 10.4. The van der Waals surface area contributed by atoms with E-state index >= 15 is 0 Å². The van der Waals surface area contributed by atoms with Gasteiger partial charge in [-0.3, -0.25) is 4.79 Å². The lowest BCUT2D eigenvalue weighted by atomic mass is 9.97. The SMILES string of the molecule is CCCCCc1cc(O)c(-c2cccc(C)c2)c(O)c1S(=O)(=O)C1CCC(=O)CC1. The molecule has 6 heteroatoms. The largest absolute Gasteiger partial charge is 0.507 e. The summed E-state index contributed by atoms with van der Waals surface area (Å²) in [6.45, 7) is 3.96. The summed E-state index contributed by atoms with van der Waals surface area (Å²) < 4.78 is 27.2. The first kappa shape index (κ1) is 22.3. The molecule has 1 fully saturated rings. The predicted molar refractivity (Wildman–Crippen MR) is 118 cm³/mol. The molecular weight excluding hydrogens is 400 g/mol. The Balaban J connectivity index is 2.16. The Hall–Kier alpha value is -2.34. The van der Waals surface area contributed by atoms with Crippen molar-refractivity contribution in [2.24, 2.45) is 0 Å². The third-order valence-corrected chi connectivity index (χ3v) is 8.25. The van der Waals surface area contributed by atoms with Crippen molar-refractivity contribution in [2.45, 2.75) is 75.4 Å². The lowest BCUT2D eigenvalue weighted by molar-refractivity contribution is -0.120. The van der Waals surface area contributed by atoms with E-state index in [2.05, 4.69) is 6.92 Å². The molecule has 2 aromatic carbocycles. The van der Waals surface area contributed by atoms with Crippen LogP contribution in [0.25, 0.3) is 11.1 Å². The van der Waals surface area contributed by atoms with Gasteiger partial charge in [0.1, 0.15) is 22.2 Å². The van der Waals surface area contributed by atoms with Crippen molar-refractivity contribution in [1.82, 2.24) is 0 Å². The Morgan fingerprint density at radius 2 is 1.77 bits per heavy atom. The normalized spacial score (nSPS) is 15.5. The fourth-order valence-corrected chi connectivity index (χ4v) is 6.32. The molecule has 0 bridgehead atoms. The summed E-state index contributed by atoms with van der Waals surface area (Å²) in [7, 11) is -3.85. The molecule has 3 rings (SSSR count). The maximum Gasteiger partial charge on any atom is 0.185 e.